The van der Waals surface area contributed by atoms with Crippen LogP contribution in [0, 0.1) is 11.7 Å². The Bertz CT molecular complexity index is 1300. The van der Waals surface area contributed by atoms with Gasteiger partial charge in [-0.15, -0.1) is 0 Å². The highest BCUT2D eigenvalue weighted by Gasteiger charge is 2.31. The summed E-state index contributed by atoms with van der Waals surface area (Å²) in [6.45, 7) is 4.12. The highest BCUT2D eigenvalue weighted by Crippen LogP contribution is 2.33. The molecule has 10 heteroatoms. The number of oxazole rings is 1. The molecule has 1 aromatic heterocycles. The van der Waals surface area contributed by atoms with E-state index in [1.807, 2.05) is 23.1 Å². The number of carbonyl (C=O) groups excluding carboxylic acids is 2. The number of ether oxygens (including phenoxy) is 3. The molecule has 9 nitrogen and oxygen atoms in total. The number of rotatable bonds is 9. The quantitative estimate of drug-likeness (QED) is 0.386. The zero-order chi connectivity index (χ0) is 26.5. The minimum absolute atomic E-state index is 0.179. The summed E-state index contributed by atoms with van der Waals surface area (Å²) in [5.41, 5.74) is 1.67. The molecular formula is C28H30FN3O6. The normalized spacial score (nSPS) is 16.6. The van der Waals surface area contributed by atoms with Gasteiger partial charge in [0.15, 0.2) is 17.2 Å². The number of likely N-dealkylation sites (tertiary alicyclic amines) is 1. The van der Waals surface area contributed by atoms with E-state index in [1.54, 1.807) is 30.0 Å². The van der Waals surface area contributed by atoms with Crippen molar-refractivity contribution in [2.45, 2.75) is 39.4 Å². The molecule has 0 bridgehead atoms. The van der Waals surface area contributed by atoms with Gasteiger partial charge < -0.3 is 23.5 Å². The zero-order valence-corrected chi connectivity index (χ0v) is 21.2. The fraction of sp³-hybridized carbons (Fsp3) is 0.393. The maximum atomic E-state index is 14.5. The van der Waals surface area contributed by atoms with Crippen LogP contribution in [-0.4, -0.2) is 53.1 Å². The fourth-order valence-corrected chi connectivity index (χ4v) is 4.78. The molecule has 5 rings (SSSR count). The van der Waals surface area contributed by atoms with Crippen molar-refractivity contribution in [1.82, 2.24) is 14.8 Å². The van der Waals surface area contributed by atoms with Gasteiger partial charge in [-0.3, -0.25) is 14.5 Å². The minimum atomic E-state index is -0.336. The predicted octanol–water partition coefficient (Wildman–Crippen LogP) is 4.16. The number of nitrogens with zero attached hydrogens (tertiary/aromatic N) is 3. The number of hydrogen-bond donors (Lipinski definition) is 0. The molecule has 0 N–H and O–H groups in total. The molecule has 3 aromatic rings. The van der Waals surface area contributed by atoms with Gasteiger partial charge >= 0.3 is 5.97 Å². The number of piperidine rings is 1. The van der Waals surface area contributed by atoms with Crippen LogP contribution in [0.4, 0.5) is 4.39 Å². The van der Waals surface area contributed by atoms with Crippen molar-refractivity contribution in [3.05, 3.63) is 77.3 Å². The molecule has 0 aliphatic carbocycles. The lowest BCUT2D eigenvalue weighted by Gasteiger charge is -2.30. The third kappa shape index (κ3) is 5.96. The summed E-state index contributed by atoms with van der Waals surface area (Å²) < 4.78 is 36.2. The fourth-order valence-electron chi connectivity index (χ4n) is 4.78. The predicted molar refractivity (Wildman–Crippen MR) is 134 cm³/mol. The molecule has 0 saturated carbocycles. The van der Waals surface area contributed by atoms with Gasteiger partial charge in [-0.05, 0) is 43.5 Å². The van der Waals surface area contributed by atoms with Crippen LogP contribution in [0.25, 0.3) is 0 Å². The van der Waals surface area contributed by atoms with Gasteiger partial charge in [0.05, 0.1) is 19.1 Å². The van der Waals surface area contributed by atoms with Crippen LogP contribution in [0.3, 0.4) is 0 Å². The molecule has 2 aromatic carbocycles. The Hall–Kier alpha value is -3.92. The molecule has 1 unspecified atom stereocenters. The largest absolute Gasteiger partial charge is 0.466 e. The van der Waals surface area contributed by atoms with E-state index in [-0.39, 0.29) is 42.6 Å². The average molecular weight is 524 g/mol. The average Bonchev–Trinajstić information content (AvgIpc) is 3.59. The molecule has 1 amide bonds. The van der Waals surface area contributed by atoms with E-state index in [0.29, 0.717) is 68.6 Å². The Morgan fingerprint density at radius 2 is 1.97 bits per heavy atom. The van der Waals surface area contributed by atoms with E-state index in [2.05, 4.69) is 4.98 Å². The number of amides is 1. The van der Waals surface area contributed by atoms with Gasteiger partial charge in [0.25, 0.3) is 5.91 Å². The number of hydrogen-bond acceptors (Lipinski definition) is 8. The second kappa shape index (κ2) is 11.6. The molecule has 38 heavy (non-hydrogen) atoms. The number of benzene rings is 2. The number of fused-ring (bicyclic) bond motifs is 1. The summed E-state index contributed by atoms with van der Waals surface area (Å²) in [6, 6.07) is 12.3. The van der Waals surface area contributed by atoms with Crippen molar-refractivity contribution in [1.29, 1.82) is 0 Å². The van der Waals surface area contributed by atoms with Crippen LogP contribution >= 0.6 is 0 Å². The molecular weight excluding hydrogens is 493 g/mol. The highest BCUT2D eigenvalue weighted by atomic mass is 19.1. The van der Waals surface area contributed by atoms with E-state index in [4.69, 9.17) is 18.6 Å². The Balaban J connectivity index is 1.29. The van der Waals surface area contributed by atoms with Crippen LogP contribution in [0.1, 0.15) is 47.3 Å². The molecule has 0 radical (unpaired) electrons. The Labute approximate surface area is 220 Å². The Morgan fingerprint density at radius 3 is 2.82 bits per heavy atom. The summed E-state index contributed by atoms with van der Waals surface area (Å²) in [4.78, 5) is 33.3. The Kier molecular flexibility index (Phi) is 7.88. The number of esters is 1. The second-order valence-electron chi connectivity index (χ2n) is 9.39. The first-order chi connectivity index (χ1) is 18.5. The summed E-state index contributed by atoms with van der Waals surface area (Å²) >= 11 is 0. The lowest BCUT2D eigenvalue weighted by atomic mass is 9.98. The monoisotopic (exact) mass is 523 g/mol. The maximum Gasteiger partial charge on any atom is 0.310 e. The van der Waals surface area contributed by atoms with Gasteiger partial charge in [-0.2, -0.15) is 0 Å². The number of carbonyl (C=O) groups is 2. The summed E-state index contributed by atoms with van der Waals surface area (Å²) in [5.74, 6) is 0.491. The van der Waals surface area contributed by atoms with E-state index in [9.17, 15) is 14.0 Å². The zero-order valence-electron chi connectivity index (χ0n) is 21.2. The molecule has 0 spiro atoms. The van der Waals surface area contributed by atoms with Gasteiger partial charge in [0.2, 0.25) is 12.7 Å². The third-order valence-electron chi connectivity index (χ3n) is 6.65. The van der Waals surface area contributed by atoms with Gasteiger partial charge in [-0.25, -0.2) is 9.37 Å². The standard InChI is InChI=1S/C28H30FN3O6/c1-2-35-28(34)21-7-5-11-32(15-21)27(33)23-17-36-26(30-23)16-31(14-20-6-3-4-8-22(20)29)13-19-9-10-24-25(12-19)38-18-37-24/h3-4,6,8-10,12,17,21H,2,5,7,11,13-16,18H2,1H3. The summed E-state index contributed by atoms with van der Waals surface area (Å²) in [5, 5.41) is 0. The van der Waals surface area contributed by atoms with Crippen molar-refractivity contribution in [3.63, 3.8) is 0 Å². The highest BCUT2D eigenvalue weighted by molar-refractivity contribution is 5.92. The van der Waals surface area contributed by atoms with Crippen molar-refractivity contribution < 1.29 is 32.6 Å². The molecule has 3 heterocycles. The molecule has 1 atom stereocenters. The van der Waals surface area contributed by atoms with Gasteiger partial charge in [0.1, 0.15) is 12.1 Å². The summed E-state index contributed by atoms with van der Waals surface area (Å²) in [6.07, 6.45) is 2.75. The lowest BCUT2D eigenvalue weighted by molar-refractivity contribution is -0.149. The summed E-state index contributed by atoms with van der Waals surface area (Å²) in [7, 11) is 0. The van der Waals surface area contributed by atoms with Crippen LogP contribution in [-0.2, 0) is 29.2 Å². The molecule has 1 fully saturated rings. The number of aromatic nitrogens is 1. The van der Waals surface area contributed by atoms with Gasteiger partial charge in [-0.1, -0.05) is 24.3 Å². The van der Waals surface area contributed by atoms with Crippen LogP contribution in [0.15, 0.2) is 53.1 Å². The van der Waals surface area contributed by atoms with Crippen molar-refractivity contribution in [2.75, 3.05) is 26.5 Å². The van der Waals surface area contributed by atoms with E-state index < -0.39 is 0 Å². The van der Waals surface area contributed by atoms with E-state index >= 15 is 0 Å². The topological polar surface area (TPSA) is 94.3 Å². The number of halogens is 1. The first-order valence-electron chi connectivity index (χ1n) is 12.7. The maximum absolute atomic E-state index is 14.5. The SMILES string of the molecule is CCOC(=O)C1CCCN(C(=O)c2coc(CN(Cc3ccc4c(c3)OCO4)Cc3ccccc3F)n2)C1. The van der Waals surface area contributed by atoms with Crippen LogP contribution < -0.4 is 9.47 Å². The second-order valence-corrected chi connectivity index (χ2v) is 9.39. The van der Waals surface area contributed by atoms with Crippen LogP contribution in [0.2, 0.25) is 0 Å². The minimum Gasteiger partial charge on any atom is -0.466 e. The van der Waals surface area contributed by atoms with Gasteiger partial charge in [0, 0.05) is 31.7 Å². The van der Waals surface area contributed by atoms with E-state index in [0.717, 1.165) is 5.56 Å². The molecule has 1 saturated heterocycles. The lowest BCUT2D eigenvalue weighted by Crippen LogP contribution is -2.43. The molecule has 200 valence electrons. The van der Waals surface area contributed by atoms with Crippen molar-refractivity contribution >= 4 is 11.9 Å². The van der Waals surface area contributed by atoms with Crippen LogP contribution in [0.5, 0.6) is 11.5 Å². The van der Waals surface area contributed by atoms with Crippen molar-refractivity contribution in [2.24, 2.45) is 5.92 Å². The Morgan fingerprint density at radius 1 is 1.13 bits per heavy atom. The van der Waals surface area contributed by atoms with Crippen molar-refractivity contribution in [3.8, 4) is 11.5 Å². The smallest absolute Gasteiger partial charge is 0.310 e. The first-order valence-corrected chi connectivity index (χ1v) is 12.7. The molecule has 2 aliphatic rings. The third-order valence-corrected chi connectivity index (χ3v) is 6.65. The van der Waals surface area contributed by atoms with E-state index in [1.165, 1.54) is 12.3 Å². The molecule has 2 aliphatic heterocycles. The first kappa shape index (κ1) is 25.7.